The molecule has 0 amide bonds. The number of benzene rings is 1. The van der Waals surface area contributed by atoms with Gasteiger partial charge >= 0.3 is 23.9 Å². The maximum absolute atomic E-state index is 12.5. The van der Waals surface area contributed by atoms with Gasteiger partial charge in [0.05, 0.1) is 0 Å². The fraction of sp³-hybridized carbons (Fsp3) is 0.333. The summed E-state index contributed by atoms with van der Waals surface area (Å²) in [4.78, 5) is 7.04. The van der Waals surface area contributed by atoms with E-state index in [-0.39, 0.29) is 12.1 Å². The van der Waals surface area contributed by atoms with E-state index in [1.54, 1.807) is 0 Å². The Bertz CT molecular complexity index is 651. The van der Waals surface area contributed by atoms with Gasteiger partial charge in [0.1, 0.15) is 4.90 Å². The van der Waals surface area contributed by atoms with Crippen LogP contribution in [0.3, 0.4) is 0 Å². The molecule has 0 radical (unpaired) electrons. The van der Waals surface area contributed by atoms with Gasteiger partial charge in [-0.1, -0.05) is 12.1 Å². The SMILES string of the molecule is NCc1cccc(SC(F)(F)F)c1S(=O)(=O)OCO[PH](=O)O. The van der Waals surface area contributed by atoms with Gasteiger partial charge < -0.3 is 10.6 Å². The fourth-order valence-corrected chi connectivity index (χ4v) is 3.78. The van der Waals surface area contributed by atoms with E-state index >= 15 is 0 Å². The van der Waals surface area contributed by atoms with Crippen molar-refractivity contribution in [2.75, 3.05) is 6.79 Å². The van der Waals surface area contributed by atoms with Crippen molar-refractivity contribution < 1.29 is 39.8 Å². The van der Waals surface area contributed by atoms with Gasteiger partial charge in [0.25, 0.3) is 0 Å². The zero-order valence-corrected chi connectivity index (χ0v) is 13.3. The van der Waals surface area contributed by atoms with Gasteiger partial charge in [0.2, 0.25) is 0 Å². The Morgan fingerprint density at radius 3 is 2.50 bits per heavy atom. The van der Waals surface area contributed by atoms with Gasteiger partial charge in [-0.3, -0.25) is 9.09 Å². The molecule has 0 saturated carbocycles. The molecule has 1 unspecified atom stereocenters. The second-order valence-electron chi connectivity index (χ2n) is 3.60. The summed E-state index contributed by atoms with van der Waals surface area (Å²) in [6.07, 6.45) is 0. The number of halogens is 3. The number of alkyl halides is 3. The lowest BCUT2D eigenvalue weighted by atomic mass is 10.2. The number of thioether (sulfide) groups is 1. The second-order valence-corrected chi connectivity index (χ2v) is 7.08. The molecule has 1 atom stereocenters. The molecule has 0 saturated heterocycles. The van der Waals surface area contributed by atoms with Crippen LogP contribution in [0.1, 0.15) is 5.56 Å². The molecule has 3 N–H and O–H groups in total. The van der Waals surface area contributed by atoms with Crippen LogP contribution >= 0.6 is 20.0 Å². The van der Waals surface area contributed by atoms with Crippen molar-refractivity contribution in [3.8, 4) is 0 Å². The van der Waals surface area contributed by atoms with Gasteiger partial charge in [-0.2, -0.15) is 21.6 Å². The standard InChI is InChI=1S/C9H11F3NO6PS2/c10-9(11,12)21-7-3-1-2-6(4-13)8(7)22(16,17)19-5-18-20(14)15/h1-3,20H,4-5,13H2,(H,14,15). The Balaban J connectivity index is 3.21. The zero-order valence-electron chi connectivity index (χ0n) is 10.7. The molecular weight excluding hydrogens is 370 g/mol. The van der Waals surface area contributed by atoms with Crippen LogP contribution in [0.4, 0.5) is 13.2 Å². The molecule has 0 aliphatic heterocycles. The van der Waals surface area contributed by atoms with Crippen LogP contribution in [0.25, 0.3) is 0 Å². The fourth-order valence-electron chi connectivity index (χ4n) is 1.41. The Morgan fingerprint density at radius 2 is 2.00 bits per heavy atom. The van der Waals surface area contributed by atoms with Crippen molar-refractivity contribution in [2.45, 2.75) is 21.8 Å². The van der Waals surface area contributed by atoms with Crippen LogP contribution in [-0.4, -0.2) is 25.6 Å². The highest BCUT2D eigenvalue weighted by Gasteiger charge is 2.34. The number of hydrogen-bond donors (Lipinski definition) is 2. The van der Waals surface area contributed by atoms with Crippen molar-refractivity contribution >= 4 is 30.1 Å². The average molecular weight is 381 g/mol. The van der Waals surface area contributed by atoms with Crippen molar-refractivity contribution in [2.24, 2.45) is 5.73 Å². The molecule has 0 aliphatic carbocycles. The van der Waals surface area contributed by atoms with E-state index in [0.717, 1.165) is 6.07 Å². The minimum absolute atomic E-state index is 0.0918. The normalized spacial score (nSPS) is 14.0. The Hall–Kier alpha value is -0.620. The molecule has 0 spiro atoms. The lowest BCUT2D eigenvalue weighted by Crippen LogP contribution is -2.15. The lowest BCUT2D eigenvalue weighted by molar-refractivity contribution is -0.0329. The van der Waals surface area contributed by atoms with Gasteiger partial charge in [-0.05, 0) is 23.4 Å². The Labute approximate surface area is 128 Å². The van der Waals surface area contributed by atoms with E-state index in [0.29, 0.717) is 0 Å². The highest BCUT2D eigenvalue weighted by Crippen LogP contribution is 2.41. The average Bonchev–Trinajstić information content (AvgIpc) is 2.35. The van der Waals surface area contributed by atoms with E-state index in [1.165, 1.54) is 12.1 Å². The van der Waals surface area contributed by atoms with Gasteiger partial charge in [0, 0.05) is 11.4 Å². The van der Waals surface area contributed by atoms with Crippen LogP contribution in [-0.2, 0) is 29.9 Å². The molecule has 13 heteroatoms. The summed E-state index contributed by atoms with van der Waals surface area (Å²) in [7, 11) is -8.10. The topological polar surface area (TPSA) is 116 Å². The maximum Gasteiger partial charge on any atom is 0.446 e. The molecule has 1 aromatic rings. The first-order valence-electron chi connectivity index (χ1n) is 5.39. The van der Waals surface area contributed by atoms with E-state index in [1.807, 2.05) is 0 Å². The van der Waals surface area contributed by atoms with Gasteiger partial charge in [-0.25, -0.2) is 4.18 Å². The largest absolute Gasteiger partial charge is 0.446 e. The summed E-state index contributed by atoms with van der Waals surface area (Å²) < 4.78 is 80.2. The third-order valence-electron chi connectivity index (χ3n) is 2.14. The van der Waals surface area contributed by atoms with Crippen LogP contribution < -0.4 is 5.73 Å². The summed E-state index contributed by atoms with van der Waals surface area (Å²) in [6.45, 7) is -1.45. The third-order valence-corrected chi connectivity index (χ3v) is 4.82. The van der Waals surface area contributed by atoms with Gasteiger partial charge in [0.15, 0.2) is 6.79 Å². The minimum atomic E-state index is -4.72. The quantitative estimate of drug-likeness (QED) is 0.318. The summed E-state index contributed by atoms with van der Waals surface area (Å²) in [5.74, 6) is 0. The predicted octanol–water partition coefficient (Wildman–Crippen LogP) is 1.82. The van der Waals surface area contributed by atoms with Crippen molar-refractivity contribution in [1.82, 2.24) is 0 Å². The van der Waals surface area contributed by atoms with Crippen molar-refractivity contribution in [3.05, 3.63) is 23.8 Å². The smallest absolute Gasteiger partial charge is 0.326 e. The van der Waals surface area contributed by atoms with Crippen LogP contribution in [0.2, 0.25) is 0 Å². The van der Waals surface area contributed by atoms with E-state index < -0.39 is 52.2 Å². The molecule has 126 valence electrons. The molecule has 1 aromatic carbocycles. The molecular formula is C9H11F3NO6PS2. The first-order valence-corrected chi connectivity index (χ1v) is 8.88. The minimum Gasteiger partial charge on any atom is -0.326 e. The first kappa shape index (κ1) is 19.4. The molecule has 7 nitrogen and oxygen atoms in total. The van der Waals surface area contributed by atoms with Crippen molar-refractivity contribution in [1.29, 1.82) is 0 Å². The summed E-state index contributed by atoms with van der Waals surface area (Å²) in [5, 5.41) is 0. The van der Waals surface area contributed by atoms with E-state index in [4.69, 9.17) is 10.6 Å². The summed E-state index contributed by atoms with van der Waals surface area (Å²) in [6, 6.07) is 3.40. The zero-order chi connectivity index (χ0) is 17.0. The molecule has 0 heterocycles. The third kappa shape index (κ3) is 5.88. The maximum atomic E-state index is 12.5. The molecule has 0 aliphatic rings. The van der Waals surface area contributed by atoms with Gasteiger partial charge in [-0.15, -0.1) is 0 Å². The molecule has 0 bridgehead atoms. The van der Waals surface area contributed by atoms with Crippen LogP contribution in [0.5, 0.6) is 0 Å². The molecule has 1 rings (SSSR count). The summed E-state index contributed by atoms with van der Waals surface area (Å²) in [5.41, 5.74) is 0.520. The highest BCUT2D eigenvalue weighted by atomic mass is 32.2. The van der Waals surface area contributed by atoms with Crippen LogP contribution in [0, 0.1) is 0 Å². The second kappa shape index (κ2) is 7.77. The Kier molecular flexibility index (Phi) is 6.86. The highest BCUT2D eigenvalue weighted by molar-refractivity contribution is 8.00. The summed E-state index contributed by atoms with van der Waals surface area (Å²) >= 11 is -0.637. The predicted molar refractivity (Wildman–Crippen MR) is 71.7 cm³/mol. The molecule has 22 heavy (non-hydrogen) atoms. The van der Waals surface area contributed by atoms with E-state index in [9.17, 15) is 26.2 Å². The first-order chi connectivity index (χ1) is 10.1. The number of nitrogens with two attached hydrogens (primary N) is 1. The van der Waals surface area contributed by atoms with Crippen molar-refractivity contribution in [3.63, 3.8) is 0 Å². The molecule has 0 fully saturated rings. The van der Waals surface area contributed by atoms with Crippen LogP contribution in [0.15, 0.2) is 28.0 Å². The molecule has 0 aromatic heterocycles. The lowest BCUT2D eigenvalue weighted by Gasteiger charge is -2.14. The Morgan fingerprint density at radius 1 is 1.36 bits per heavy atom. The number of rotatable bonds is 7. The monoisotopic (exact) mass is 381 g/mol. The van der Waals surface area contributed by atoms with E-state index in [2.05, 4.69) is 8.71 Å². The number of hydrogen-bond acceptors (Lipinski definition) is 7.